The monoisotopic (exact) mass is 264 g/mol. The molecule has 94 valence electrons. The second-order valence-electron chi connectivity index (χ2n) is 4.02. The molecule has 2 aromatic rings. The van der Waals surface area contributed by atoms with Gasteiger partial charge < -0.3 is 5.32 Å². The number of hydrogen-bond donors (Lipinski definition) is 1. The first-order valence-electron chi connectivity index (χ1n) is 5.42. The van der Waals surface area contributed by atoms with Crippen molar-refractivity contribution < 1.29 is 4.79 Å². The smallest absolute Gasteiger partial charge is 0.259 e. The zero-order chi connectivity index (χ0) is 13.3. The number of anilines is 1. The Morgan fingerprint density at radius 3 is 2.61 bits per heavy atom. The number of rotatable bonds is 2. The molecule has 0 aliphatic carbocycles. The maximum Gasteiger partial charge on any atom is 0.259 e. The van der Waals surface area contributed by atoms with Crippen LogP contribution >= 0.6 is 11.6 Å². The van der Waals surface area contributed by atoms with Crippen molar-refractivity contribution >= 4 is 23.2 Å². The van der Waals surface area contributed by atoms with Gasteiger partial charge in [0.1, 0.15) is 5.15 Å². The SMILES string of the molecule is Cc1nc(Cl)ccc1NC(=O)c1cn(C)nc1C. The number of carbonyl (C=O) groups excluding carboxylic acids is 1. The van der Waals surface area contributed by atoms with E-state index < -0.39 is 0 Å². The number of pyridine rings is 1. The number of nitrogens with one attached hydrogen (secondary N) is 1. The van der Waals surface area contributed by atoms with Gasteiger partial charge in [0.05, 0.1) is 22.6 Å². The van der Waals surface area contributed by atoms with Gasteiger partial charge in [-0.15, -0.1) is 0 Å². The van der Waals surface area contributed by atoms with Gasteiger partial charge in [-0.25, -0.2) is 4.98 Å². The van der Waals surface area contributed by atoms with Gasteiger partial charge in [0.2, 0.25) is 0 Å². The van der Waals surface area contributed by atoms with E-state index in [-0.39, 0.29) is 5.91 Å². The Kier molecular flexibility index (Phi) is 3.34. The van der Waals surface area contributed by atoms with Crippen molar-refractivity contribution in [3.63, 3.8) is 0 Å². The highest BCUT2D eigenvalue weighted by Crippen LogP contribution is 2.17. The average molecular weight is 265 g/mol. The number of carbonyl (C=O) groups is 1. The lowest BCUT2D eigenvalue weighted by Crippen LogP contribution is -2.13. The summed E-state index contributed by atoms with van der Waals surface area (Å²) in [5.41, 5.74) is 2.56. The van der Waals surface area contributed by atoms with Crippen LogP contribution in [0.4, 0.5) is 5.69 Å². The van der Waals surface area contributed by atoms with Crippen molar-refractivity contribution in [2.24, 2.45) is 7.05 Å². The van der Waals surface area contributed by atoms with Crippen LogP contribution in [0.15, 0.2) is 18.3 Å². The standard InChI is InChI=1S/C12H13ClN4O/c1-7-9(6-17(3)16-7)12(18)15-10-4-5-11(13)14-8(10)2/h4-6H,1-3H3,(H,15,18). The summed E-state index contributed by atoms with van der Waals surface area (Å²) in [5.74, 6) is -0.201. The fraction of sp³-hybridized carbons (Fsp3) is 0.250. The van der Waals surface area contributed by atoms with E-state index in [4.69, 9.17) is 11.6 Å². The fourth-order valence-corrected chi connectivity index (χ4v) is 1.86. The topological polar surface area (TPSA) is 59.8 Å². The first-order chi connectivity index (χ1) is 8.47. The third-order valence-corrected chi connectivity index (χ3v) is 2.77. The minimum absolute atomic E-state index is 0.201. The van der Waals surface area contributed by atoms with Gasteiger partial charge in [-0.1, -0.05) is 11.6 Å². The van der Waals surface area contributed by atoms with Crippen molar-refractivity contribution in [3.05, 3.63) is 40.4 Å². The van der Waals surface area contributed by atoms with Gasteiger partial charge in [0.25, 0.3) is 5.91 Å². The first-order valence-corrected chi connectivity index (χ1v) is 5.80. The molecule has 5 nitrogen and oxygen atoms in total. The van der Waals surface area contributed by atoms with Crippen LogP contribution in [0.5, 0.6) is 0 Å². The Morgan fingerprint density at radius 2 is 2.06 bits per heavy atom. The van der Waals surface area contributed by atoms with Crippen LogP contribution in [0.25, 0.3) is 0 Å². The molecule has 0 bridgehead atoms. The summed E-state index contributed by atoms with van der Waals surface area (Å²) in [6.07, 6.45) is 1.68. The molecule has 0 spiro atoms. The predicted octanol–water partition coefficient (Wildman–Crippen LogP) is 2.34. The van der Waals surface area contributed by atoms with Crippen LogP contribution in [-0.4, -0.2) is 20.7 Å². The van der Waals surface area contributed by atoms with E-state index >= 15 is 0 Å². The molecule has 0 unspecified atom stereocenters. The lowest BCUT2D eigenvalue weighted by atomic mass is 10.2. The van der Waals surface area contributed by atoms with Crippen LogP contribution in [0.1, 0.15) is 21.7 Å². The third kappa shape index (κ3) is 2.51. The molecular weight excluding hydrogens is 252 g/mol. The summed E-state index contributed by atoms with van der Waals surface area (Å²) >= 11 is 5.76. The van der Waals surface area contributed by atoms with E-state index in [0.29, 0.717) is 27.8 Å². The predicted molar refractivity (Wildman–Crippen MR) is 69.9 cm³/mol. The van der Waals surface area contributed by atoms with Crippen LogP contribution in [0.3, 0.4) is 0 Å². The summed E-state index contributed by atoms with van der Waals surface area (Å²) in [5, 5.41) is 7.33. The van der Waals surface area contributed by atoms with Crippen molar-refractivity contribution in [1.82, 2.24) is 14.8 Å². The summed E-state index contributed by atoms with van der Waals surface area (Å²) in [4.78, 5) is 16.1. The molecule has 0 radical (unpaired) electrons. The van der Waals surface area contributed by atoms with E-state index in [1.165, 1.54) is 0 Å². The minimum atomic E-state index is -0.201. The molecular formula is C12H13ClN4O. The molecule has 0 fully saturated rings. The van der Waals surface area contributed by atoms with Gasteiger partial charge in [0.15, 0.2) is 0 Å². The number of nitrogens with zero attached hydrogens (tertiary/aromatic N) is 3. The zero-order valence-corrected chi connectivity index (χ0v) is 11.1. The Hall–Kier alpha value is -1.88. The summed E-state index contributed by atoms with van der Waals surface area (Å²) < 4.78 is 1.61. The highest BCUT2D eigenvalue weighted by atomic mass is 35.5. The molecule has 6 heteroatoms. The van der Waals surface area contributed by atoms with Gasteiger partial charge in [-0.2, -0.15) is 5.10 Å². The normalized spacial score (nSPS) is 10.4. The van der Waals surface area contributed by atoms with Crippen LogP contribution < -0.4 is 5.32 Å². The highest BCUT2D eigenvalue weighted by molar-refractivity contribution is 6.29. The molecule has 0 saturated heterocycles. The van der Waals surface area contributed by atoms with Gasteiger partial charge >= 0.3 is 0 Å². The van der Waals surface area contributed by atoms with E-state index in [9.17, 15) is 4.79 Å². The quantitative estimate of drug-likeness (QED) is 0.847. The molecule has 18 heavy (non-hydrogen) atoms. The second kappa shape index (κ2) is 4.78. The molecule has 1 amide bonds. The molecule has 0 aliphatic heterocycles. The van der Waals surface area contributed by atoms with E-state index in [0.717, 1.165) is 0 Å². The molecule has 2 aromatic heterocycles. The summed E-state index contributed by atoms with van der Waals surface area (Å²) in [6, 6.07) is 3.37. The molecule has 0 atom stereocenters. The molecule has 0 aromatic carbocycles. The number of aromatic nitrogens is 3. The maximum absolute atomic E-state index is 12.1. The number of hydrogen-bond acceptors (Lipinski definition) is 3. The lowest BCUT2D eigenvalue weighted by Gasteiger charge is -2.07. The van der Waals surface area contributed by atoms with Crippen molar-refractivity contribution in [1.29, 1.82) is 0 Å². The number of amides is 1. The molecule has 1 N–H and O–H groups in total. The second-order valence-corrected chi connectivity index (χ2v) is 4.41. The van der Waals surface area contributed by atoms with Crippen molar-refractivity contribution in [2.75, 3.05) is 5.32 Å². The Bertz CT molecular complexity index is 606. The van der Waals surface area contributed by atoms with E-state index in [1.807, 2.05) is 0 Å². The van der Waals surface area contributed by atoms with Gasteiger partial charge in [-0.05, 0) is 26.0 Å². The van der Waals surface area contributed by atoms with E-state index in [1.54, 1.807) is 43.9 Å². The minimum Gasteiger partial charge on any atom is -0.320 e. The van der Waals surface area contributed by atoms with Crippen LogP contribution in [0.2, 0.25) is 5.15 Å². The lowest BCUT2D eigenvalue weighted by molar-refractivity contribution is 0.102. The zero-order valence-electron chi connectivity index (χ0n) is 10.4. The van der Waals surface area contributed by atoms with Gasteiger partial charge in [0, 0.05) is 13.2 Å². The Morgan fingerprint density at radius 1 is 1.33 bits per heavy atom. The number of halogens is 1. The third-order valence-electron chi connectivity index (χ3n) is 2.56. The summed E-state index contributed by atoms with van der Waals surface area (Å²) in [6.45, 7) is 3.58. The Balaban J connectivity index is 2.24. The van der Waals surface area contributed by atoms with Crippen LogP contribution in [0, 0.1) is 13.8 Å². The molecule has 0 aliphatic rings. The van der Waals surface area contributed by atoms with E-state index in [2.05, 4.69) is 15.4 Å². The van der Waals surface area contributed by atoms with Crippen molar-refractivity contribution in [3.8, 4) is 0 Å². The largest absolute Gasteiger partial charge is 0.320 e. The molecule has 2 heterocycles. The van der Waals surface area contributed by atoms with Gasteiger partial charge in [-0.3, -0.25) is 9.48 Å². The summed E-state index contributed by atoms with van der Waals surface area (Å²) in [7, 11) is 1.78. The molecule has 0 saturated carbocycles. The highest BCUT2D eigenvalue weighted by Gasteiger charge is 2.13. The van der Waals surface area contributed by atoms with Crippen LogP contribution in [-0.2, 0) is 7.05 Å². The maximum atomic E-state index is 12.1. The average Bonchev–Trinajstić information content (AvgIpc) is 2.62. The Labute approximate surface area is 110 Å². The molecule has 2 rings (SSSR count). The number of aryl methyl sites for hydroxylation is 3. The van der Waals surface area contributed by atoms with Crippen molar-refractivity contribution in [2.45, 2.75) is 13.8 Å². The fourth-order valence-electron chi connectivity index (χ4n) is 1.67. The first kappa shape index (κ1) is 12.6.